The zero-order valence-corrected chi connectivity index (χ0v) is 20.4. The number of hydrogen-bond acceptors (Lipinski definition) is 7. The highest BCUT2D eigenvalue weighted by atomic mass is 127. The first-order valence-corrected chi connectivity index (χ1v) is 11.5. The molecule has 0 bridgehead atoms. The number of guanidine groups is 1. The van der Waals surface area contributed by atoms with Gasteiger partial charge in [-0.1, -0.05) is 0 Å². The van der Waals surface area contributed by atoms with Crippen molar-refractivity contribution in [1.29, 1.82) is 0 Å². The molecule has 0 amide bonds. The van der Waals surface area contributed by atoms with Crippen LogP contribution in [0.4, 0.5) is 5.13 Å². The summed E-state index contributed by atoms with van der Waals surface area (Å²) >= 11 is 5.17. The molecule has 1 saturated heterocycles. The number of halogens is 1. The molecule has 0 unspecified atom stereocenters. The highest BCUT2D eigenvalue weighted by Crippen LogP contribution is 2.29. The minimum Gasteiger partial charge on any atom is -0.370 e. The largest absolute Gasteiger partial charge is 0.370 e. The fourth-order valence-electron chi connectivity index (χ4n) is 3.01. The van der Waals surface area contributed by atoms with Crippen LogP contribution in [0.15, 0.2) is 34.1 Å². The van der Waals surface area contributed by atoms with Crippen LogP contribution in [0.5, 0.6) is 0 Å². The Bertz CT molecular complexity index is 896. The van der Waals surface area contributed by atoms with Gasteiger partial charge in [-0.3, -0.25) is 4.99 Å². The Morgan fingerprint density at radius 2 is 2.04 bits per heavy atom. The molecule has 4 rings (SSSR count). The van der Waals surface area contributed by atoms with Gasteiger partial charge in [0.25, 0.3) is 0 Å². The summed E-state index contributed by atoms with van der Waals surface area (Å²) in [6.07, 6.45) is 2.77. The predicted octanol–water partition coefficient (Wildman–Crippen LogP) is 3.93. The van der Waals surface area contributed by atoms with Crippen LogP contribution in [0.3, 0.4) is 0 Å². The van der Waals surface area contributed by atoms with Crippen molar-refractivity contribution in [2.24, 2.45) is 10.7 Å². The maximum atomic E-state index is 6.21. The quantitative estimate of drug-likeness (QED) is 0.299. The number of thiophene rings is 1. The van der Waals surface area contributed by atoms with Crippen molar-refractivity contribution >= 4 is 69.1 Å². The Kier molecular flexibility index (Phi) is 7.66. The molecule has 150 valence electrons. The van der Waals surface area contributed by atoms with Gasteiger partial charge in [0, 0.05) is 61.0 Å². The van der Waals surface area contributed by atoms with E-state index in [2.05, 4.69) is 42.3 Å². The lowest BCUT2D eigenvalue weighted by Gasteiger charge is -2.35. The molecule has 0 radical (unpaired) electrons. The number of aromatic nitrogens is 2. The van der Waals surface area contributed by atoms with E-state index in [1.165, 1.54) is 9.75 Å². The number of rotatable bonds is 5. The molecule has 1 fully saturated rings. The summed E-state index contributed by atoms with van der Waals surface area (Å²) in [7, 11) is 0. The van der Waals surface area contributed by atoms with Crippen LogP contribution in [-0.4, -0.2) is 53.6 Å². The first-order valence-electron chi connectivity index (χ1n) is 8.89. The number of thiazole rings is 2. The minimum absolute atomic E-state index is 0. The summed E-state index contributed by atoms with van der Waals surface area (Å²) in [5.41, 5.74) is 7.29. The van der Waals surface area contributed by atoms with Crippen LogP contribution < -0.4 is 10.6 Å². The molecule has 3 aromatic rings. The first-order chi connectivity index (χ1) is 13.2. The van der Waals surface area contributed by atoms with Gasteiger partial charge >= 0.3 is 0 Å². The molecule has 0 saturated carbocycles. The van der Waals surface area contributed by atoms with Crippen LogP contribution >= 0.6 is 58.0 Å². The van der Waals surface area contributed by atoms with Gasteiger partial charge in [-0.05, 0) is 19.1 Å². The highest BCUT2D eigenvalue weighted by molar-refractivity contribution is 14.0. The summed E-state index contributed by atoms with van der Waals surface area (Å²) in [5.74, 6) is 0.653. The monoisotopic (exact) mass is 546 g/mol. The van der Waals surface area contributed by atoms with E-state index >= 15 is 0 Å². The van der Waals surface area contributed by atoms with E-state index < -0.39 is 0 Å². The molecule has 6 nitrogen and oxygen atoms in total. The Hall–Kier alpha value is -1.24. The normalized spacial score (nSPS) is 15.0. The first kappa shape index (κ1) is 21.5. The van der Waals surface area contributed by atoms with E-state index in [0.717, 1.165) is 48.4 Å². The van der Waals surface area contributed by atoms with Gasteiger partial charge in [0.05, 0.1) is 15.6 Å². The number of anilines is 1. The van der Waals surface area contributed by atoms with E-state index in [4.69, 9.17) is 5.73 Å². The van der Waals surface area contributed by atoms with Crippen molar-refractivity contribution in [2.45, 2.75) is 13.3 Å². The van der Waals surface area contributed by atoms with Gasteiger partial charge in [0.2, 0.25) is 0 Å². The zero-order chi connectivity index (χ0) is 18.6. The lowest BCUT2D eigenvalue weighted by molar-refractivity contribution is 0.380. The number of aliphatic imine (C=N–C) groups is 1. The standard InChI is InChI=1S/C18H22N6S3.HI/c1-13-22-15(12-26-13)16-3-2-14(27-16)4-5-20-17(19)23-7-9-24(10-8-23)18-21-6-11-25-18;/h2-3,6,11-12H,4-5,7-10H2,1H3,(H2,19,20);1H. The molecule has 0 aromatic carbocycles. The highest BCUT2D eigenvalue weighted by Gasteiger charge is 2.19. The molecule has 10 heteroatoms. The zero-order valence-electron chi connectivity index (χ0n) is 15.6. The van der Waals surface area contributed by atoms with Gasteiger partial charge < -0.3 is 15.5 Å². The smallest absolute Gasteiger partial charge is 0.191 e. The number of aryl methyl sites for hydroxylation is 1. The number of nitrogens with zero attached hydrogens (tertiary/aromatic N) is 5. The Morgan fingerprint density at radius 3 is 2.71 bits per heavy atom. The third-order valence-corrected chi connectivity index (χ3v) is 7.23. The Balaban J connectivity index is 0.00000225. The van der Waals surface area contributed by atoms with E-state index in [0.29, 0.717) is 12.5 Å². The van der Waals surface area contributed by atoms with Gasteiger partial charge in [-0.15, -0.1) is 58.0 Å². The maximum Gasteiger partial charge on any atom is 0.191 e. The van der Waals surface area contributed by atoms with Crippen LogP contribution in [0.2, 0.25) is 0 Å². The fraction of sp³-hybridized carbons (Fsp3) is 0.389. The Morgan fingerprint density at radius 1 is 1.21 bits per heavy atom. The molecule has 3 aromatic heterocycles. The van der Waals surface area contributed by atoms with E-state index in [1.54, 1.807) is 34.0 Å². The number of hydrogen-bond donors (Lipinski definition) is 1. The van der Waals surface area contributed by atoms with Crippen LogP contribution in [0.25, 0.3) is 10.6 Å². The van der Waals surface area contributed by atoms with Crippen LogP contribution in [-0.2, 0) is 6.42 Å². The van der Waals surface area contributed by atoms with Gasteiger partial charge in [0.15, 0.2) is 11.1 Å². The van der Waals surface area contributed by atoms with Gasteiger partial charge in [0.1, 0.15) is 0 Å². The van der Waals surface area contributed by atoms with Crippen molar-refractivity contribution in [3.8, 4) is 10.6 Å². The maximum absolute atomic E-state index is 6.21. The molecule has 0 aliphatic carbocycles. The van der Waals surface area contributed by atoms with Crippen LogP contribution in [0, 0.1) is 6.92 Å². The van der Waals surface area contributed by atoms with Crippen molar-refractivity contribution < 1.29 is 0 Å². The number of nitrogens with two attached hydrogens (primary N) is 1. The van der Waals surface area contributed by atoms with Crippen molar-refractivity contribution in [3.05, 3.63) is 39.0 Å². The molecule has 1 aliphatic heterocycles. The summed E-state index contributed by atoms with van der Waals surface area (Å²) in [4.78, 5) is 20.6. The average molecular weight is 547 g/mol. The van der Waals surface area contributed by atoms with Crippen molar-refractivity contribution in [3.63, 3.8) is 0 Å². The van der Waals surface area contributed by atoms with Gasteiger partial charge in [-0.25, -0.2) is 9.97 Å². The lowest BCUT2D eigenvalue weighted by Crippen LogP contribution is -2.51. The molecule has 28 heavy (non-hydrogen) atoms. The summed E-state index contributed by atoms with van der Waals surface area (Å²) in [5, 5.41) is 6.33. The average Bonchev–Trinajstić information content (AvgIpc) is 3.43. The second-order valence-corrected chi connectivity index (χ2v) is 9.40. The third kappa shape index (κ3) is 5.22. The third-order valence-electron chi connectivity index (χ3n) is 4.46. The number of piperazine rings is 1. The summed E-state index contributed by atoms with van der Waals surface area (Å²) in [6, 6.07) is 4.33. The van der Waals surface area contributed by atoms with E-state index in [1.807, 2.05) is 18.5 Å². The summed E-state index contributed by atoms with van der Waals surface area (Å²) < 4.78 is 0. The molecule has 4 heterocycles. The second-order valence-electron chi connectivity index (χ2n) is 6.30. The van der Waals surface area contributed by atoms with Gasteiger partial charge in [-0.2, -0.15) is 0 Å². The van der Waals surface area contributed by atoms with Crippen LogP contribution in [0.1, 0.15) is 9.88 Å². The molecular formula is C18H23IN6S3. The van der Waals surface area contributed by atoms with E-state index in [-0.39, 0.29) is 24.0 Å². The van der Waals surface area contributed by atoms with Crippen molar-refractivity contribution in [1.82, 2.24) is 14.9 Å². The minimum atomic E-state index is 0. The fourth-order valence-corrected chi connectivity index (χ4v) is 5.35. The lowest BCUT2D eigenvalue weighted by atomic mass is 10.3. The molecular weight excluding hydrogens is 523 g/mol. The predicted molar refractivity (Wildman–Crippen MR) is 132 cm³/mol. The van der Waals surface area contributed by atoms with E-state index in [9.17, 15) is 0 Å². The molecule has 0 spiro atoms. The SMILES string of the molecule is Cc1nc(-c2ccc(CCN=C(N)N3CCN(c4nccs4)CC3)s2)cs1.I. The summed E-state index contributed by atoms with van der Waals surface area (Å²) in [6.45, 7) is 6.41. The van der Waals surface area contributed by atoms with Crippen molar-refractivity contribution in [2.75, 3.05) is 37.6 Å². The second kappa shape index (κ2) is 9.99. The molecule has 0 atom stereocenters. The molecule has 1 aliphatic rings. The topological polar surface area (TPSA) is 70.6 Å². The molecule has 2 N–H and O–H groups in total. The Labute approximate surface area is 194 Å².